The van der Waals surface area contributed by atoms with Gasteiger partial charge >= 0.3 is 0 Å². The molecule has 4 nitrogen and oxygen atoms in total. The molecule has 2 rings (SSSR count). The number of hydrogen-bond donors (Lipinski definition) is 0. The Bertz CT molecular complexity index is 390. The van der Waals surface area contributed by atoms with Gasteiger partial charge in [0, 0.05) is 38.5 Å². The minimum absolute atomic E-state index is 0.128. The van der Waals surface area contributed by atoms with Crippen LogP contribution in [-0.4, -0.2) is 47.3 Å². The molecule has 114 valence electrons. The molecule has 0 bridgehead atoms. The van der Waals surface area contributed by atoms with Gasteiger partial charge in [-0.1, -0.05) is 27.7 Å². The second kappa shape index (κ2) is 5.74. The van der Waals surface area contributed by atoms with Crippen molar-refractivity contribution in [3.63, 3.8) is 0 Å². The van der Waals surface area contributed by atoms with E-state index in [4.69, 9.17) is 0 Å². The number of carbonyl (C=O) groups excluding carboxylic acids is 2. The van der Waals surface area contributed by atoms with E-state index in [1.54, 1.807) is 0 Å². The van der Waals surface area contributed by atoms with Crippen molar-refractivity contribution in [2.75, 3.05) is 19.6 Å². The fourth-order valence-corrected chi connectivity index (χ4v) is 3.42. The predicted molar refractivity (Wildman–Crippen MR) is 79.2 cm³/mol. The van der Waals surface area contributed by atoms with Crippen LogP contribution in [0.25, 0.3) is 0 Å². The van der Waals surface area contributed by atoms with E-state index in [9.17, 15) is 9.59 Å². The zero-order valence-corrected chi connectivity index (χ0v) is 13.3. The highest BCUT2D eigenvalue weighted by Crippen LogP contribution is 2.30. The molecule has 2 aliphatic rings. The molecule has 20 heavy (non-hydrogen) atoms. The molecular formula is C16H28N2O2. The van der Waals surface area contributed by atoms with Crippen LogP contribution in [0.5, 0.6) is 0 Å². The van der Waals surface area contributed by atoms with Crippen LogP contribution < -0.4 is 0 Å². The Balaban J connectivity index is 2.15. The van der Waals surface area contributed by atoms with Crippen LogP contribution in [0.15, 0.2) is 0 Å². The standard InChI is InChI=1S/C16H28N2O2/c1-12(2)8-14(19)17-10-13-6-5-7-18(13)15(20)9-16(3,4)11-17/h12-13H,5-11H2,1-4H3/t13-/m1/s1. The van der Waals surface area contributed by atoms with E-state index < -0.39 is 0 Å². The first kappa shape index (κ1) is 15.3. The Morgan fingerprint density at radius 1 is 1.40 bits per heavy atom. The monoisotopic (exact) mass is 280 g/mol. The number of fused-ring (bicyclic) bond motifs is 1. The smallest absolute Gasteiger partial charge is 0.223 e. The summed E-state index contributed by atoms with van der Waals surface area (Å²) < 4.78 is 0. The van der Waals surface area contributed by atoms with Gasteiger partial charge < -0.3 is 9.80 Å². The maximum absolute atomic E-state index is 12.5. The van der Waals surface area contributed by atoms with Gasteiger partial charge in [-0.25, -0.2) is 0 Å². The van der Waals surface area contributed by atoms with E-state index in [1.807, 2.05) is 9.80 Å². The Kier molecular flexibility index (Phi) is 4.40. The molecule has 4 heteroatoms. The quantitative estimate of drug-likeness (QED) is 0.778. The summed E-state index contributed by atoms with van der Waals surface area (Å²) in [5.41, 5.74) is -0.128. The van der Waals surface area contributed by atoms with Crippen molar-refractivity contribution in [2.24, 2.45) is 11.3 Å². The van der Waals surface area contributed by atoms with E-state index in [0.717, 1.165) is 25.9 Å². The van der Waals surface area contributed by atoms with Crippen LogP contribution >= 0.6 is 0 Å². The fraction of sp³-hybridized carbons (Fsp3) is 0.875. The Labute approximate surface area is 122 Å². The summed E-state index contributed by atoms with van der Waals surface area (Å²) in [7, 11) is 0. The highest BCUT2D eigenvalue weighted by atomic mass is 16.2. The molecule has 0 spiro atoms. The van der Waals surface area contributed by atoms with Crippen molar-refractivity contribution >= 4 is 11.8 Å². The molecule has 2 amide bonds. The minimum atomic E-state index is -0.128. The van der Waals surface area contributed by atoms with Crippen molar-refractivity contribution in [2.45, 2.75) is 59.4 Å². The molecule has 2 saturated heterocycles. The molecule has 0 saturated carbocycles. The van der Waals surface area contributed by atoms with Gasteiger partial charge in [0.2, 0.25) is 11.8 Å². The first-order chi connectivity index (χ1) is 9.28. The zero-order chi connectivity index (χ0) is 14.9. The Hall–Kier alpha value is -1.06. The number of nitrogens with zero attached hydrogens (tertiary/aromatic N) is 2. The van der Waals surface area contributed by atoms with Crippen molar-refractivity contribution in [1.82, 2.24) is 9.80 Å². The molecule has 0 aliphatic carbocycles. The van der Waals surface area contributed by atoms with Crippen molar-refractivity contribution in [3.05, 3.63) is 0 Å². The highest BCUT2D eigenvalue weighted by Gasteiger charge is 2.38. The molecule has 0 aromatic rings. The average molecular weight is 280 g/mol. The van der Waals surface area contributed by atoms with Gasteiger partial charge in [0.1, 0.15) is 0 Å². The lowest BCUT2D eigenvalue weighted by atomic mass is 9.86. The SMILES string of the molecule is CC(C)CC(=O)N1C[C@H]2CCCN2C(=O)CC(C)(C)C1. The molecule has 2 heterocycles. The predicted octanol–water partition coefficient (Wildman–Crippen LogP) is 2.28. The van der Waals surface area contributed by atoms with E-state index in [2.05, 4.69) is 27.7 Å². The highest BCUT2D eigenvalue weighted by molar-refractivity contribution is 5.79. The maximum atomic E-state index is 12.5. The lowest BCUT2D eigenvalue weighted by Gasteiger charge is -2.40. The van der Waals surface area contributed by atoms with Crippen LogP contribution in [0, 0.1) is 11.3 Å². The van der Waals surface area contributed by atoms with E-state index in [1.165, 1.54) is 0 Å². The third kappa shape index (κ3) is 3.53. The molecule has 0 aromatic carbocycles. The number of carbonyl (C=O) groups is 2. The van der Waals surface area contributed by atoms with Gasteiger partial charge in [-0.3, -0.25) is 9.59 Å². The summed E-state index contributed by atoms with van der Waals surface area (Å²) in [5, 5.41) is 0. The number of hydrogen-bond acceptors (Lipinski definition) is 2. The summed E-state index contributed by atoms with van der Waals surface area (Å²) in [4.78, 5) is 28.8. The summed E-state index contributed by atoms with van der Waals surface area (Å²) in [6.07, 6.45) is 3.27. The Morgan fingerprint density at radius 2 is 2.10 bits per heavy atom. The topological polar surface area (TPSA) is 40.6 Å². The summed E-state index contributed by atoms with van der Waals surface area (Å²) in [6, 6.07) is 0.245. The van der Waals surface area contributed by atoms with Crippen LogP contribution in [0.2, 0.25) is 0 Å². The zero-order valence-electron chi connectivity index (χ0n) is 13.3. The van der Waals surface area contributed by atoms with Gasteiger partial charge in [0.15, 0.2) is 0 Å². The van der Waals surface area contributed by atoms with Crippen molar-refractivity contribution < 1.29 is 9.59 Å². The third-order valence-corrected chi connectivity index (χ3v) is 4.31. The summed E-state index contributed by atoms with van der Waals surface area (Å²) in [6.45, 7) is 10.6. The molecule has 0 unspecified atom stereocenters. The maximum Gasteiger partial charge on any atom is 0.223 e. The Morgan fingerprint density at radius 3 is 2.75 bits per heavy atom. The number of rotatable bonds is 2. The lowest BCUT2D eigenvalue weighted by molar-refractivity contribution is -0.143. The fourth-order valence-electron chi connectivity index (χ4n) is 3.42. The van der Waals surface area contributed by atoms with Gasteiger partial charge in [0.25, 0.3) is 0 Å². The second-order valence-electron chi connectivity index (χ2n) is 7.60. The summed E-state index contributed by atoms with van der Waals surface area (Å²) in [5.74, 6) is 0.903. The minimum Gasteiger partial charge on any atom is -0.340 e. The normalized spacial score (nSPS) is 26.4. The van der Waals surface area contributed by atoms with Crippen LogP contribution in [0.1, 0.15) is 53.4 Å². The molecule has 2 fully saturated rings. The van der Waals surface area contributed by atoms with Crippen LogP contribution in [0.4, 0.5) is 0 Å². The molecular weight excluding hydrogens is 252 g/mol. The molecule has 0 N–H and O–H groups in total. The van der Waals surface area contributed by atoms with Crippen LogP contribution in [-0.2, 0) is 9.59 Å². The van der Waals surface area contributed by atoms with Crippen LogP contribution in [0.3, 0.4) is 0 Å². The van der Waals surface area contributed by atoms with Gasteiger partial charge in [-0.2, -0.15) is 0 Å². The van der Waals surface area contributed by atoms with Crippen molar-refractivity contribution in [1.29, 1.82) is 0 Å². The molecule has 2 aliphatic heterocycles. The van der Waals surface area contributed by atoms with E-state index in [-0.39, 0.29) is 23.3 Å². The first-order valence-electron chi connectivity index (χ1n) is 7.86. The second-order valence-corrected chi connectivity index (χ2v) is 7.60. The lowest BCUT2D eigenvalue weighted by Crippen LogP contribution is -2.52. The largest absolute Gasteiger partial charge is 0.340 e. The average Bonchev–Trinajstić information content (AvgIpc) is 2.72. The van der Waals surface area contributed by atoms with Gasteiger partial charge in [0.05, 0.1) is 0 Å². The molecule has 0 radical (unpaired) electrons. The van der Waals surface area contributed by atoms with Gasteiger partial charge in [-0.15, -0.1) is 0 Å². The van der Waals surface area contributed by atoms with Gasteiger partial charge in [-0.05, 0) is 24.2 Å². The first-order valence-corrected chi connectivity index (χ1v) is 7.86. The molecule has 1 atom stereocenters. The van der Waals surface area contributed by atoms with E-state index in [0.29, 0.717) is 25.3 Å². The van der Waals surface area contributed by atoms with E-state index >= 15 is 0 Å². The number of amides is 2. The summed E-state index contributed by atoms with van der Waals surface area (Å²) >= 11 is 0. The third-order valence-electron chi connectivity index (χ3n) is 4.31. The van der Waals surface area contributed by atoms with Crippen molar-refractivity contribution in [3.8, 4) is 0 Å². The molecule has 0 aromatic heterocycles.